The summed E-state index contributed by atoms with van der Waals surface area (Å²) in [5, 5.41) is 0. The van der Waals surface area contributed by atoms with E-state index in [4.69, 9.17) is 0 Å². The lowest BCUT2D eigenvalue weighted by Crippen LogP contribution is -2.24. The van der Waals surface area contributed by atoms with Crippen LogP contribution in [0.5, 0.6) is 0 Å². The van der Waals surface area contributed by atoms with Crippen molar-refractivity contribution in [1.82, 2.24) is 0 Å². The average Bonchev–Trinajstić information content (AvgIpc) is 2.82. The van der Waals surface area contributed by atoms with Gasteiger partial charge < -0.3 is 0 Å². The molecule has 2 aliphatic carbocycles. The van der Waals surface area contributed by atoms with E-state index in [0.717, 1.165) is 29.9 Å². The summed E-state index contributed by atoms with van der Waals surface area (Å²) in [6.07, 6.45) is 10.4. The van der Waals surface area contributed by atoms with Gasteiger partial charge in [0.1, 0.15) is 5.83 Å². The molecule has 0 heterocycles. The molecule has 4 heteroatoms. The Labute approximate surface area is 188 Å². The second-order valence-electron chi connectivity index (χ2n) is 9.95. The molecule has 4 rings (SSSR count). The summed E-state index contributed by atoms with van der Waals surface area (Å²) in [5.74, 6) is -1.58. The number of hydrogen-bond donors (Lipinski definition) is 0. The molecule has 2 aliphatic rings. The highest BCUT2D eigenvalue weighted by molar-refractivity contribution is 5.86. The Morgan fingerprint density at radius 2 is 1.22 bits per heavy atom. The van der Waals surface area contributed by atoms with E-state index in [9.17, 15) is 17.6 Å². The largest absolute Gasteiger partial charge is 0.206 e. The Morgan fingerprint density at radius 3 is 1.75 bits per heavy atom. The molecule has 32 heavy (non-hydrogen) atoms. The smallest absolute Gasteiger partial charge is 0.194 e. The van der Waals surface area contributed by atoms with Crippen LogP contribution in [0.1, 0.15) is 87.8 Å². The van der Waals surface area contributed by atoms with Gasteiger partial charge in [-0.25, -0.2) is 17.6 Å². The third-order valence-electron chi connectivity index (χ3n) is 7.88. The van der Waals surface area contributed by atoms with E-state index in [0.29, 0.717) is 11.5 Å². The topological polar surface area (TPSA) is 0 Å². The van der Waals surface area contributed by atoms with Crippen molar-refractivity contribution in [3.8, 4) is 0 Å². The Bertz CT molecular complexity index is 936. The van der Waals surface area contributed by atoms with E-state index >= 15 is 0 Å². The number of halogens is 4. The molecular weight excluding hydrogens is 412 g/mol. The monoisotopic (exact) mass is 444 g/mol. The van der Waals surface area contributed by atoms with E-state index in [1.165, 1.54) is 63.9 Å². The first-order chi connectivity index (χ1) is 15.3. The quantitative estimate of drug-likeness (QED) is 0.251. The van der Waals surface area contributed by atoms with E-state index in [1.54, 1.807) is 12.1 Å². The van der Waals surface area contributed by atoms with Gasteiger partial charge in [-0.2, -0.15) is 0 Å². The molecule has 2 aromatic rings. The average molecular weight is 445 g/mol. The van der Waals surface area contributed by atoms with Crippen molar-refractivity contribution in [1.29, 1.82) is 0 Å². The molecule has 2 fully saturated rings. The zero-order valence-corrected chi connectivity index (χ0v) is 18.9. The lowest BCUT2D eigenvalue weighted by Gasteiger charge is -2.37. The minimum absolute atomic E-state index is 0.00148. The van der Waals surface area contributed by atoms with Crippen LogP contribution in [0.25, 0.3) is 11.4 Å². The molecule has 2 aromatic carbocycles. The van der Waals surface area contributed by atoms with Crippen LogP contribution in [0.4, 0.5) is 17.6 Å². The standard InChI is InChI=1S/C28H32F4/c1-17-3-5-19(6-4-17)20-7-9-21(10-8-20)22-11-13-23(14-12-22)27(31)18(2)24-15-25(29)28(32)26(30)16-24/h11-17,19-21H,3-10H2,1-2H3/b27-18-. The number of allylic oxidation sites excluding steroid dienone is 1. The van der Waals surface area contributed by atoms with Crippen molar-refractivity contribution in [3.63, 3.8) is 0 Å². The highest BCUT2D eigenvalue weighted by Gasteiger charge is 2.30. The Balaban J connectivity index is 1.41. The van der Waals surface area contributed by atoms with E-state index in [-0.39, 0.29) is 11.1 Å². The van der Waals surface area contributed by atoms with Crippen molar-refractivity contribution < 1.29 is 17.6 Å². The summed E-state index contributed by atoms with van der Waals surface area (Å²) in [6.45, 7) is 3.81. The van der Waals surface area contributed by atoms with Crippen LogP contribution in [0.15, 0.2) is 36.4 Å². The van der Waals surface area contributed by atoms with Crippen LogP contribution in [0.2, 0.25) is 0 Å². The van der Waals surface area contributed by atoms with Gasteiger partial charge in [0.15, 0.2) is 17.5 Å². The summed E-state index contributed by atoms with van der Waals surface area (Å²) in [4.78, 5) is 0. The molecule has 172 valence electrons. The van der Waals surface area contributed by atoms with Crippen LogP contribution in [-0.2, 0) is 0 Å². The van der Waals surface area contributed by atoms with Gasteiger partial charge in [-0.1, -0.05) is 44.0 Å². The molecule has 0 aliphatic heterocycles. The molecule has 0 saturated heterocycles. The zero-order chi connectivity index (χ0) is 22.8. The zero-order valence-electron chi connectivity index (χ0n) is 18.9. The lowest BCUT2D eigenvalue weighted by atomic mass is 9.68. The highest BCUT2D eigenvalue weighted by Crippen LogP contribution is 2.44. The minimum Gasteiger partial charge on any atom is -0.206 e. The molecular formula is C28H32F4. The Morgan fingerprint density at radius 1 is 0.719 bits per heavy atom. The second-order valence-corrected chi connectivity index (χ2v) is 9.95. The first kappa shape index (κ1) is 23.1. The predicted molar refractivity (Wildman–Crippen MR) is 122 cm³/mol. The molecule has 0 aromatic heterocycles. The van der Waals surface area contributed by atoms with Crippen LogP contribution < -0.4 is 0 Å². The van der Waals surface area contributed by atoms with E-state index < -0.39 is 23.3 Å². The first-order valence-corrected chi connectivity index (χ1v) is 11.9. The van der Waals surface area contributed by atoms with Gasteiger partial charge in [-0.15, -0.1) is 0 Å². The number of rotatable bonds is 4. The molecule has 0 N–H and O–H groups in total. The van der Waals surface area contributed by atoms with E-state index in [2.05, 4.69) is 6.92 Å². The molecule has 0 bridgehead atoms. The van der Waals surface area contributed by atoms with Crippen LogP contribution in [-0.4, -0.2) is 0 Å². The minimum atomic E-state index is -1.54. The molecule has 0 spiro atoms. The van der Waals surface area contributed by atoms with E-state index in [1.807, 2.05) is 12.1 Å². The summed E-state index contributed by atoms with van der Waals surface area (Å²) in [6, 6.07) is 9.07. The first-order valence-electron chi connectivity index (χ1n) is 11.9. The predicted octanol–water partition coefficient (Wildman–Crippen LogP) is 9.06. The molecule has 0 nitrogen and oxygen atoms in total. The molecule has 0 unspecified atom stereocenters. The maximum atomic E-state index is 15.0. The summed E-state index contributed by atoms with van der Waals surface area (Å²) >= 11 is 0. The Hall–Kier alpha value is -2.10. The third-order valence-corrected chi connectivity index (χ3v) is 7.88. The van der Waals surface area contributed by atoms with Crippen LogP contribution in [0.3, 0.4) is 0 Å². The maximum Gasteiger partial charge on any atom is 0.194 e. The van der Waals surface area contributed by atoms with Gasteiger partial charge in [0, 0.05) is 5.56 Å². The second kappa shape index (κ2) is 9.80. The van der Waals surface area contributed by atoms with Crippen molar-refractivity contribution in [2.75, 3.05) is 0 Å². The maximum absolute atomic E-state index is 15.0. The van der Waals surface area contributed by atoms with Gasteiger partial charge in [-0.3, -0.25) is 0 Å². The van der Waals surface area contributed by atoms with Crippen molar-refractivity contribution in [2.24, 2.45) is 17.8 Å². The van der Waals surface area contributed by atoms with Crippen LogP contribution >= 0.6 is 0 Å². The normalized spacial score (nSPS) is 27.2. The van der Waals surface area contributed by atoms with Gasteiger partial charge >= 0.3 is 0 Å². The van der Waals surface area contributed by atoms with Gasteiger partial charge in [-0.05, 0) is 98.0 Å². The fraction of sp³-hybridized carbons (Fsp3) is 0.500. The summed E-state index contributed by atoms with van der Waals surface area (Å²) in [5.41, 5.74) is 1.67. The van der Waals surface area contributed by atoms with Gasteiger partial charge in [0.2, 0.25) is 0 Å². The summed E-state index contributed by atoms with van der Waals surface area (Å²) < 4.78 is 55.2. The molecule has 0 amide bonds. The fourth-order valence-electron chi connectivity index (χ4n) is 5.70. The van der Waals surface area contributed by atoms with Crippen molar-refractivity contribution in [3.05, 3.63) is 70.5 Å². The molecule has 0 radical (unpaired) electrons. The highest BCUT2D eigenvalue weighted by atomic mass is 19.2. The van der Waals surface area contributed by atoms with Gasteiger partial charge in [0.25, 0.3) is 0 Å². The Kier molecular flexibility index (Phi) is 7.07. The number of benzene rings is 2. The van der Waals surface area contributed by atoms with Crippen molar-refractivity contribution >= 4 is 11.4 Å². The van der Waals surface area contributed by atoms with Crippen molar-refractivity contribution in [2.45, 2.75) is 71.1 Å². The molecule has 0 atom stereocenters. The summed E-state index contributed by atoms with van der Waals surface area (Å²) in [7, 11) is 0. The molecule has 2 saturated carbocycles. The van der Waals surface area contributed by atoms with Crippen LogP contribution in [0, 0.1) is 35.2 Å². The number of hydrogen-bond acceptors (Lipinski definition) is 0. The third kappa shape index (κ3) is 4.94. The lowest BCUT2D eigenvalue weighted by molar-refractivity contribution is 0.165. The van der Waals surface area contributed by atoms with Gasteiger partial charge in [0.05, 0.1) is 0 Å². The SMILES string of the molecule is C/C(=C(/F)c1ccc(C2CCC(C3CCC(C)CC3)CC2)cc1)c1cc(F)c(F)c(F)c1. The fourth-order valence-corrected chi connectivity index (χ4v) is 5.70.